The first-order chi connectivity index (χ1) is 8.81. The van der Waals surface area contributed by atoms with Crippen LogP contribution in [0.15, 0.2) is 29.3 Å². The van der Waals surface area contributed by atoms with Crippen molar-refractivity contribution in [1.29, 1.82) is 0 Å². The molecule has 0 aliphatic heterocycles. The molecule has 1 saturated carbocycles. The molecule has 0 amide bonds. The highest BCUT2D eigenvalue weighted by Gasteiger charge is 2.27. The molecule has 1 aliphatic rings. The number of hydrogen-bond acceptors (Lipinski definition) is 5. The van der Waals surface area contributed by atoms with Crippen LogP contribution in [-0.4, -0.2) is 19.9 Å². The average molecular weight is 306 g/mol. The molecule has 2 aromatic heterocycles. The van der Waals surface area contributed by atoms with E-state index in [4.69, 9.17) is 0 Å². The minimum absolute atomic E-state index is 0.544. The van der Waals surface area contributed by atoms with E-state index < -0.39 is 0 Å². The number of nitrogens with zero attached hydrogens (tertiary/aromatic N) is 4. The Morgan fingerprint density at radius 3 is 2.94 bits per heavy atom. The quantitative estimate of drug-likeness (QED) is 0.879. The first kappa shape index (κ1) is 11.5. The van der Waals surface area contributed by atoms with Gasteiger partial charge in [0.05, 0.1) is 12.2 Å². The SMILES string of the molecule is Brc1cc(NCc2ccncn2)nc(C2CC2)n1. The van der Waals surface area contributed by atoms with Gasteiger partial charge < -0.3 is 5.32 Å². The zero-order chi connectivity index (χ0) is 12.4. The van der Waals surface area contributed by atoms with Gasteiger partial charge in [-0.05, 0) is 34.8 Å². The molecule has 3 rings (SSSR count). The van der Waals surface area contributed by atoms with Gasteiger partial charge in [0.1, 0.15) is 22.6 Å². The molecular weight excluding hydrogens is 294 g/mol. The van der Waals surface area contributed by atoms with Crippen LogP contribution in [0.25, 0.3) is 0 Å². The number of aromatic nitrogens is 4. The van der Waals surface area contributed by atoms with Gasteiger partial charge in [-0.25, -0.2) is 19.9 Å². The Labute approximate surface area is 113 Å². The summed E-state index contributed by atoms with van der Waals surface area (Å²) in [6, 6.07) is 3.76. The van der Waals surface area contributed by atoms with E-state index in [1.807, 2.05) is 12.1 Å². The van der Waals surface area contributed by atoms with Crippen LogP contribution in [0.5, 0.6) is 0 Å². The van der Waals surface area contributed by atoms with Crippen LogP contribution in [0.1, 0.15) is 30.3 Å². The minimum Gasteiger partial charge on any atom is -0.364 e. The molecular formula is C12H12BrN5. The molecule has 0 bridgehead atoms. The van der Waals surface area contributed by atoms with Crippen molar-refractivity contribution in [2.24, 2.45) is 0 Å². The molecule has 92 valence electrons. The Morgan fingerprint density at radius 2 is 2.22 bits per heavy atom. The van der Waals surface area contributed by atoms with Crippen molar-refractivity contribution in [3.63, 3.8) is 0 Å². The molecule has 1 aliphatic carbocycles. The zero-order valence-corrected chi connectivity index (χ0v) is 11.3. The minimum atomic E-state index is 0.544. The summed E-state index contributed by atoms with van der Waals surface area (Å²) in [6.07, 6.45) is 5.67. The van der Waals surface area contributed by atoms with E-state index in [0.717, 1.165) is 21.9 Å². The highest BCUT2D eigenvalue weighted by molar-refractivity contribution is 9.10. The lowest BCUT2D eigenvalue weighted by atomic mass is 10.3. The van der Waals surface area contributed by atoms with Crippen LogP contribution >= 0.6 is 15.9 Å². The fourth-order valence-electron chi connectivity index (χ4n) is 1.65. The second-order valence-electron chi connectivity index (χ2n) is 4.26. The fraction of sp³-hybridized carbons (Fsp3) is 0.333. The number of halogens is 1. The molecule has 0 saturated heterocycles. The monoisotopic (exact) mass is 305 g/mol. The predicted molar refractivity (Wildman–Crippen MR) is 71.1 cm³/mol. The molecule has 2 aromatic rings. The van der Waals surface area contributed by atoms with Crippen molar-refractivity contribution in [2.75, 3.05) is 5.32 Å². The van der Waals surface area contributed by atoms with Crippen molar-refractivity contribution in [1.82, 2.24) is 19.9 Å². The smallest absolute Gasteiger partial charge is 0.135 e. The third kappa shape index (κ3) is 2.81. The molecule has 18 heavy (non-hydrogen) atoms. The Hall–Kier alpha value is -1.56. The van der Waals surface area contributed by atoms with Gasteiger partial charge in [0, 0.05) is 18.2 Å². The second-order valence-corrected chi connectivity index (χ2v) is 5.08. The third-order valence-corrected chi connectivity index (χ3v) is 3.15. The third-order valence-electron chi connectivity index (χ3n) is 2.75. The van der Waals surface area contributed by atoms with Crippen LogP contribution < -0.4 is 5.32 Å². The molecule has 6 heteroatoms. The normalized spacial score (nSPS) is 14.5. The van der Waals surface area contributed by atoms with E-state index in [2.05, 4.69) is 41.2 Å². The lowest BCUT2D eigenvalue weighted by Gasteiger charge is -2.07. The lowest BCUT2D eigenvalue weighted by Crippen LogP contribution is -2.05. The van der Waals surface area contributed by atoms with E-state index in [-0.39, 0.29) is 0 Å². The molecule has 1 N–H and O–H groups in total. The molecule has 1 fully saturated rings. The first-order valence-electron chi connectivity index (χ1n) is 5.84. The summed E-state index contributed by atoms with van der Waals surface area (Å²) in [6.45, 7) is 0.635. The van der Waals surface area contributed by atoms with E-state index in [1.54, 1.807) is 12.5 Å². The van der Waals surface area contributed by atoms with Gasteiger partial charge in [-0.1, -0.05) is 0 Å². The second kappa shape index (κ2) is 4.97. The van der Waals surface area contributed by atoms with Crippen molar-refractivity contribution in [3.05, 3.63) is 40.8 Å². The van der Waals surface area contributed by atoms with E-state index in [1.165, 1.54) is 12.8 Å². The molecule has 0 aromatic carbocycles. The standard InChI is InChI=1S/C12H12BrN5/c13-10-5-11(18-12(17-10)8-1-2-8)15-6-9-3-4-14-7-16-9/h3-5,7-8H,1-2,6H2,(H,15,17,18). The maximum Gasteiger partial charge on any atom is 0.135 e. The Balaban J connectivity index is 1.72. The molecule has 0 spiro atoms. The Kier molecular flexibility index (Phi) is 3.19. The Bertz CT molecular complexity index is 541. The highest BCUT2D eigenvalue weighted by Crippen LogP contribution is 2.38. The number of rotatable bonds is 4. The molecule has 0 radical (unpaired) electrons. The van der Waals surface area contributed by atoms with Crippen LogP contribution in [0.3, 0.4) is 0 Å². The number of anilines is 1. The summed E-state index contributed by atoms with van der Waals surface area (Å²) in [5.74, 6) is 2.30. The topological polar surface area (TPSA) is 63.6 Å². The summed E-state index contributed by atoms with van der Waals surface area (Å²) in [7, 11) is 0. The maximum atomic E-state index is 4.52. The van der Waals surface area contributed by atoms with E-state index in [0.29, 0.717) is 12.5 Å². The van der Waals surface area contributed by atoms with Crippen molar-refractivity contribution in [2.45, 2.75) is 25.3 Å². The van der Waals surface area contributed by atoms with Crippen LogP contribution in [0.4, 0.5) is 5.82 Å². The van der Waals surface area contributed by atoms with Gasteiger partial charge in [0.2, 0.25) is 0 Å². The van der Waals surface area contributed by atoms with E-state index >= 15 is 0 Å². The number of nitrogens with one attached hydrogen (secondary N) is 1. The zero-order valence-electron chi connectivity index (χ0n) is 9.67. The maximum absolute atomic E-state index is 4.52. The van der Waals surface area contributed by atoms with Gasteiger partial charge in [0.25, 0.3) is 0 Å². The molecule has 0 atom stereocenters. The van der Waals surface area contributed by atoms with Crippen molar-refractivity contribution < 1.29 is 0 Å². The molecule has 0 unspecified atom stereocenters. The van der Waals surface area contributed by atoms with Crippen molar-refractivity contribution in [3.8, 4) is 0 Å². The first-order valence-corrected chi connectivity index (χ1v) is 6.64. The Morgan fingerprint density at radius 1 is 1.33 bits per heavy atom. The largest absolute Gasteiger partial charge is 0.364 e. The summed E-state index contributed by atoms with van der Waals surface area (Å²) < 4.78 is 0.824. The lowest BCUT2D eigenvalue weighted by molar-refractivity contribution is 0.905. The van der Waals surface area contributed by atoms with Crippen LogP contribution in [0, 0.1) is 0 Å². The van der Waals surface area contributed by atoms with Gasteiger partial charge in [-0.2, -0.15) is 0 Å². The van der Waals surface area contributed by atoms with Gasteiger partial charge in [0.15, 0.2) is 0 Å². The fourth-order valence-corrected chi connectivity index (χ4v) is 2.05. The van der Waals surface area contributed by atoms with Gasteiger partial charge >= 0.3 is 0 Å². The summed E-state index contributed by atoms with van der Waals surface area (Å²) in [5, 5.41) is 3.25. The summed E-state index contributed by atoms with van der Waals surface area (Å²) >= 11 is 3.42. The van der Waals surface area contributed by atoms with E-state index in [9.17, 15) is 0 Å². The van der Waals surface area contributed by atoms with Gasteiger partial charge in [-0.3, -0.25) is 0 Å². The highest BCUT2D eigenvalue weighted by atomic mass is 79.9. The molecule has 5 nitrogen and oxygen atoms in total. The van der Waals surface area contributed by atoms with Gasteiger partial charge in [-0.15, -0.1) is 0 Å². The van der Waals surface area contributed by atoms with Crippen LogP contribution in [-0.2, 0) is 6.54 Å². The average Bonchev–Trinajstić information content (AvgIpc) is 3.21. The number of hydrogen-bond donors (Lipinski definition) is 1. The predicted octanol–water partition coefficient (Wildman–Crippen LogP) is 2.52. The van der Waals surface area contributed by atoms with Crippen molar-refractivity contribution >= 4 is 21.7 Å². The van der Waals surface area contributed by atoms with Crippen LogP contribution in [0.2, 0.25) is 0 Å². The summed E-state index contributed by atoms with van der Waals surface area (Å²) in [4.78, 5) is 17.0. The molecule has 2 heterocycles. The summed E-state index contributed by atoms with van der Waals surface area (Å²) in [5.41, 5.74) is 0.938.